The topological polar surface area (TPSA) is 82.5 Å². The predicted octanol–water partition coefficient (Wildman–Crippen LogP) is 3.29. The Kier molecular flexibility index (Phi) is 5.62. The van der Waals surface area contributed by atoms with Crippen molar-refractivity contribution < 1.29 is 17.9 Å². The number of hydrogen-bond donors (Lipinski definition) is 1. The maximum absolute atomic E-state index is 13.0. The quantitative estimate of drug-likeness (QED) is 0.645. The van der Waals surface area contributed by atoms with Crippen molar-refractivity contribution in [3.8, 4) is 11.5 Å². The van der Waals surface area contributed by atoms with Gasteiger partial charge in [-0.3, -0.25) is 4.68 Å². The van der Waals surface area contributed by atoms with Crippen molar-refractivity contribution in [2.75, 3.05) is 19.8 Å². The molecule has 0 saturated carbocycles. The Morgan fingerprint density at radius 1 is 1.17 bits per heavy atom. The molecule has 3 aromatic rings. The average Bonchev–Trinajstić information content (AvgIpc) is 3.25. The van der Waals surface area contributed by atoms with Crippen LogP contribution in [-0.2, 0) is 10.0 Å². The summed E-state index contributed by atoms with van der Waals surface area (Å²) in [5.74, 6) is 1.03. The van der Waals surface area contributed by atoms with Gasteiger partial charge in [0.1, 0.15) is 0 Å². The molecule has 1 N–H and O–H groups in total. The smallest absolute Gasteiger partial charge is 0.240 e. The molecule has 3 heterocycles. The second-order valence-corrected chi connectivity index (χ2v) is 9.66. The molecule has 0 radical (unpaired) electrons. The lowest BCUT2D eigenvalue weighted by Crippen LogP contribution is -2.32. The van der Waals surface area contributed by atoms with E-state index in [4.69, 9.17) is 9.47 Å². The van der Waals surface area contributed by atoms with E-state index < -0.39 is 10.0 Å². The van der Waals surface area contributed by atoms with E-state index in [-0.39, 0.29) is 17.5 Å². The van der Waals surface area contributed by atoms with Crippen LogP contribution in [0, 0.1) is 13.8 Å². The molecule has 29 heavy (non-hydrogen) atoms. The molecule has 2 aromatic heterocycles. The number of hydrogen-bond acceptors (Lipinski definition) is 6. The van der Waals surface area contributed by atoms with Crippen LogP contribution in [0.2, 0.25) is 0 Å². The molecule has 4 rings (SSSR count). The van der Waals surface area contributed by atoms with Crippen LogP contribution in [0.3, 0.4) is 0 Å². The molecular weight excluding hydrogens is 410 g/mol. The van der Waals surface area contributed by atoms with E-state index in [0.717, 1.165) is 22.7 Å². The number of rotatable bonds is 6. The summed E-state index contributed by atoms with van der Waals surface area (Å²) in [4.78, 5) is 1.19. The van der Waals surface area contributed by atoms with Crippen LogP contribution in [0.1, 0.15) is 28.7 Å². The van der Waals surface area contributed by atoms with Gasteiger partial charge in [0.05, 0.1) is 29.8 Å². The van der Waals surface area contributed by atoms with Gasteiger partial charge in [0.25, 0.3) is 0 Å². The SMILES string of the molecule is Cc1cc(C)n(C(CNS(=O)(=O)c2ccc3c(c2)OCCCO3)c2cccs2)n1. The highest BCUT2D eigenvalue weighted by molar-refractivity contribution is 7.89. The molecule has 1 aromatic carbocycles. The minimum absolute atomic E-state index is 0.153. The van der Waals surface area contributed by atoms with Crippen molar-refractivity contribution in [1.29, 1.82) is 0 Å². The van der Waals surface area contributed by atoms with Crippen LogP contribution in [0.5, 0.6) is 11.5 Å². The lowest BCUT2D eigenvalue weighted by atomic mass is 10.2. The Bertz CT molecular complexity index is 1090. The Labute approximate surface area is 174 Å². The number of benzene rings is 1. The third kappa shape index (κ3) is 4.31. The Morgan fingerprint density at radius 3 is 2.66 bits per heavy atom. The first-order valence-corrected chi connectivity index (χ1v) is 11.8. The van der Waals surface area contributed by atoms with Gasteiger partial charge in [-0.05, 0) is 43.5 Å². The van der Waals surface area contributed by atoms with Crippen molar-refractivity contribution in [2.45, 2.75) is 31.2 Å². The van der Waals surface area contributed by atoms with Crippen LogP contribution in [0.4, 0.5) is 0 Å². The van der Waals surface area contributed by atoms with Gasteiger partial charge in [-0.1, -0.05) is 6.07 Å². The van der Waals surface area contributed by atoms with Crippen molar-refractivity contribution in [1.82, 2.24) is 14.5 Å². The summed E-state index contributed by atoms with van der Waals surface area (Å²) < 4.78 is 41.8. The van der Waals surface area contributed by atoms with Gasteiger partial charge in [-0.15, -0.1) is 11.3 Å². The van der Waals surface area contributed by atoms with Crippen LogP contribution in [0.15, 0.2) is 46.7 Å². The second-order valence-electron chi connectivity index (χ2n) is 6.91. The average molecular weight is 434 g/mol. The molecule has 1 atom stereocenters. The first kappa shape index (κ1) is 19.9. The lowest BCUT2D eigenvalue weighted by Gasteiger charge is -2.19. The summed E-state index contributed by atoms with van der Waals surface area (Å²) in [6, 6.07) is 10.4. The standard InChI is InChI=1S/C20H23N3O4S2/c1-14-11-15(2)23(22-14)17(20-5-3-10-28-20)13-21-29(24,25)16-6-7-18-19(12-16)27-9-4-8-26-18/h3,5-7,10-12,17,21H,4,8-9,13H2,1-2H3. The summed E-state index contributed by atoms with van der Waals surface area (Å²) in [5, 5.41) is 6.54. The fraction of sp³-hybridized carbons (Fsp3) is 0.350. The highest BCUT2D eigenvalue weighted by Gasteiger charge is 2.23. The fourth-order valence-electron chi connectivity index (χ4n) is 3.33. The van der Waals surface area contributed by atoms with E-state index in [9.17, 15) is 8.42 Å². The number of nitrogens with one attached hydrogen (secondary N) is 1. The van der Waals surface area contributed by atoms with Gasteiger partial charge in [0, 0.05) is 29.6 Å². The second kappa shape index (κ2) is 8.17. The first-order valence-electron chi connectivity index (χ1n) is 9.39. The Hall–Kier alpha value is -2.36. The van der Waals surface area contributed by atoms with Crippen molar-refractivity contribution in [3.05, 3.63) is 58.0 Å². The monoisotopic (exact) mass is 433 g/mol. The molecule has 0 bridgehead atoms. The predicted molar refractivity (Wildman–Crippen MR) is 111 cm³/mol. The van der Waals surface area contributed by atoms with Crippen LogP contribution in [0.25, 0.3) is 0 Å². The van der Waals surface area contributed by atoms with Gasteiger partial charge in [-0.2, -0.15) is 5.10 Å². The van der Waals surface area contributed by atoms with E-state index >= 15 is 0 Å². The number of sulfonamides is 1. The van der Waals surface area contributed by atoms with Gasteiger partial charge in [0.2, 0.25) is 10.0 Å². The zero-order chi connectivity index (χ0) is 20.4. The molecule has 0 fully saturated rings. The molecule has 154 valence electrons. The first-order chi connectivity index (χ1) is 13.9. The van der Waals surface area contributed by atoms with Gasteiger partial charge in [-0.25, -0.2) is 13.1 Å². The highest BCUT2D eigenvalue weighted by Crippen LogP contribution is 2.32. The van der Waals surface area contributed by atoms with Crippen molar-refractivity contribution in [2.24, 2.45) is 0 Å². The summed E-state index contributed by atoms with van der Waals surface area (Å²) >= 11 is 1.58. The number of fused-ring (bicyclic) bond motifs is 1. The molecule has 0 spiro atoms. The Balaban J connectivity index is 1.58. The Morgan fingerprint density at radius 2 is 1.97 bits per heavy atom. The molecule has 0 amide bonds. The molecular formula is C20H23N3O4S2. The van der Waals surface area contributed by atoms with Crippen LogP contribution >= 0.6 is 11.3 Å². The van der Waals surface area contributed by atoms with Crippen LogP contribution in [-0.4, -0.2) is 38.0 Å². The third-order valence-corrected chi connectivity index (χ3v) is 7.10. The largest absolute Gasteiger partial charge is 0.490 e. The molecule has 1 aliphatic rings. The van der Waals surface area contributed by atoms with Gasteiger partial charge >= 0.3 is 0 Å². The van der Waals surface area contributed by atoms with Gasteiger partial charge < -0.3 is 9.47 Å². The van der Waals surface area contributed by atoms with Crippen LogP contribution < -0.4 is 14.2 Å². The number of ether oxygens (including phenoxy) is 2. The minimum Gasteiger partial charge on any atom is -0.490 e. The highest BCUT2D eigenvalue weighted by atomic mass is 32.2. The summed E-state index contributed by atoms with van der Waals surface area (Å²) in [5.41, 5.74) is 1.88. The molecule has 1 unspecified atom stereocenters. The van der Waals surface area contributed by atoms with E-state index in [1.807, 2.05) is 42.1 Å². The number of aryl methyl sites for hydroxylation is 2. The maximum Gasteiger partial charge on any atom is 0.240 e. The van der Waals surface area contributed by atoms with Crippen molar-refractivity contribution in [3.63, 3.8) is 0 Å². The normalized spacial score (nSPS) is 15.1. The zero-order valence-electron chi connectivity index (χ0n) is 16.3. The molecule has 0 saturated heterocycles. The van der Waals surface area contributed by atoms with Crippen molar-refractivity contribution >= 4 is 21.4 Å². The van der Waals surface area contributed by atoms with E-state index in [2.05, 4.69) is 9.82 Å². The molecule has 1 aliphatic heterocycles. The van der Waals surface area contributed by atoms with E-state index in [1.165, 1.54) is 6.07 Å². The lowest BCUT2D eigenvalue weighted by molar-refractivity contribution is 0.297. The fourth-order valence-corrected chi connectivity index (χ4v) is 5.20. The summed E-state index contributed by atoms with van der Waals surface area (Å²) in [6.07, 6.45) is 0.764. The maximum atomic E-state index is 13.0. The number of nitrogens with zero attached hydrogens (tertiary/aromatic N) is 2. The summed E-state index contributed by atoms with van der Waals surface area (Å²) in [7, 11) is -3.73. The van der Waals surface area contributed by atoms with E-state index in [0.29, 0.717) is 24.7 Å². The minimum atomic E-state index is -3.73. The number of aromatic nitrogens is 2. The summed E-state index contributed by atoms with van der Waals surface area (Å²) in [6.45, 7) is 5.15. The van der Waals surface area contributed by atoms with E-state index in [1.54, 1.807) is 23.5 Å². The van der Waals surface area contributed by atoms with Gasteiger partial charge in [0.15, 0.2) is 11.5 Å². The molecule has 9 heteroatoms. The third-order valence-electron chi connectivity index (χ3n) is 4.71. The number of thiophene rings is 1. The zero-order valence-corrected chi connectivity index (χ0v) is 17.9. The molecule has 0 aliphatic carbocycles. The molecule has 7 nitrogen and oxygen atoms in total.